The topological polar surface area (TPSA) is 85.8 Å². The van der Waals surface area contributed by atoms with Crippen molar-refractivity contribution < 1.29 is 4.79 Å². The van der Waals surface area contributed by atoms with Gasteiger partial charge in [0.05, 0.1) is 17.5 Å². The zero-order valence-corrected chi connectivity index (χ0v) is 12.2. The van der Waals surface area contributed by atoms with E-state index in [1.807, 2.05) is 31.7 Å². The van der Waals surface area contributed by atoms with Crippen molar-refractivity contribution >= 4 is 22.8 Å². The average Bonchev–Trinajstić information content (AvgIpc) is 2.75. The molecule has 0 bridgehead atoms. The van der Waals surface area contributed by atoms with E-state index in [1.54, 1.807) is 0 Å². The van der Waals surface area contributed by atoms with Crippen LogP contribution < -0.4 is 11.1 Å². The molecule has 0 aliphatic carbocycles. The number of hydrogen-bond acceptors (Lipinski definition) is 4. The van der Waals surface area contributed by atoms with Crippen LogP contribution in [0.1, 0.15) is 26.3 Å². The molecule has 0 saturated heterocycles. The molecule has 0 fully saturated rings. The quantitative estimate of drug-likeness (QED) is 0.761. The van der Waals surface area contributed by atoms with Crippen LogP contribution in [0, 0.1) is 11.8 Å². The third-order valence-corrected chi connectivity index (χ3v) is 2.43. The molecule has 0 saturated carbocycles. The van der Waals surface area contributed by atoms with E-state index in [1.165, 1.54) is 13.3 Å². The summed E-state index contributed by atoms with van der Waals surface area (Å²) in [4.78, 5) is 18.8. The monoisotopic (exact) mass is 273 g/mol. The number of nitrogen functional groups attached to an aromatic ring is 1. The van der Waals surface area contributed by atoms with Crippen LogP contribution in [0.15, 0.2) is 12.5 Å². The number of amides is 1. The van der Waals surface area contributed by atoms with E-state index in [9.17, 15) is 4.79 Å². The molecule has 3 N–H and O–H groups in total. The van der Waals surface area contributed by atoms with Gasteiger partial charge >= 0.3 is 0 Å². The fourth-order valence-corrected chi connectivity index (χ4v) is 1.64. The maximum atomic E-state index is 10.7. The lowest BCUT2D eigenvalue weighted by Gasteiger charge is -1.96. The predicted molar refractivity (Wildman–Crippen MR) is 79.8 cm³/mol. The fraction of sp³-hybridized carbons (Fsp3) is 0.357. The van der Waals surface area contributed by atoms with Crippen LogP contribution in [-0.4, -0.2) is 27.0 Å². The molecule has 6 heteroatoms. The van der Waals surface area contributed by atoms with Gasteiger partial charge in [-0.05, 0) is 0 Å². The second kappa shape index (κ2) is 7.14. The summed E-state index contributed by atoms with van der Waals surface area (Å²) in [5, 5.41) is 3.35. The van der Waals surface area contributed by atoms with Crippen LogP contribution in [-0.2, 0) is 11.8 Å². The Bertz CT molecular complexity index is 663. The SMILES string of the molecule is CC.CC(=O)NCC#Cc1cn(C)c2ncnc(N)c12. The number of carbonyl (C=O) groups excluding carboxylic acids is 1. The molecule has 0 spiro atoms. The fourth-order valence-electron chi connectivity index (χ4n) is 1.64. The van der Waals surface area contributed by atoms with E-state index in [4.69, 9.17) is 5.73 Å². The highest BCUT2D eigenvalue weighted by Gasteiger charge is 2.09. The molecule has 20 heavy (non-hydrogen) atoms. The van der Waals surface area contributed by atoms with E-state index in [2.05, 4.69) is 27.1 Å². The van der Waals surface area contributed by atoms with Gasteiger partial charge in [-0.25, -0.2) is 9.97 Å². The number of aryl methyl sites for hydroxylation is 1. The standard InChI is InChI=1S/C12H13N5O.C2H6/c1-8(18)14-5-3-4-9-6-17(2)12-10(9)11(13)15-7-16-12;1-2/h6-7H,5H2,1-2H3,(H,14,18)(H2,13,15,16);1-2H3. The molecule has 0 aliphatic heterocycles. The van der Waals surface area contributed by atoms with Crippen molar-refractivity contribution in [1.82, 2.24) is 19.9 Å². The summed E-state index contributed by atoms with van der Waals surface area (Å²) in [5.74, 6) is 6.12. The zero-order chi connectivity index (χ0) is 15.1. The first-order chi connectivity index (χ1) is 9.59. The minimum Gasteiger partial charge on any atom is -0.383 e. The van der Waals surface area contributed by atoms with Gasteiger partial charge in [-0.2, -0.15) is 0 Å². The average molecular weight is 273 g/mol. The van der Waals surface area contributed by atoms with Gasteiger partial charge in [-0.1, -0.05) is 25.7 Å². The largest absolute Gasteiger partial charge is 0.383 e. The van der Waals surface area contributed by atoms with Crippen molar-refractivity contribution in [1.29, 1.82) is 0 Å². The van der Waals surface area contributed by atoms with Gasteiger partial charge in [-0.3, -0.25) is 4.79 Å². The Kier molecular flexibility index (Phi) is 5.54. The molecule has 0 aromatic carbocycles. The molecule has 2 aromatic rings. The lowest BCUT2D eigenvalue weighted by atomic mass is 10.2. The lowest BCUT2D eigenvalue weighted by molar-refractivity contribution is -0.118. The molecule has 1 amide bonds. The third-order valence-electron chi connectivity index (χ3n) is 2.43. The van der Waals surface area contributed by atoms with Gasteiger partial charge in [-0.15, -0.1) is 0 Å². The van der Waals surface area contributed by atoms with Gasteiger partial charge in [0.2, 0.25) is 5.91 Å². The molecule has 106 valence electrons. The van der Waals surface area contributed by atoms with Crippen molar-refractivity contribution in [3.05, 3.63) is 18.1 Å². The van der Waals surface area contributed by atoms with E-state index in [-0.39, 0.29) is 5.91 Å². The molecule has 0 aliphatic rings. The van der Waals surface area contributed by atoms with Crippen molar-refractivity contribution in [2.24, 2.45) is 7.05 Å². The number of nitrogens with two attached hydrogens (primary N) is 1. The first-order valence-corrected chi connectivity index (χ1v) is 6.38. The summed E-state index contributed by atoms with van der Waals surface area (Å²) in [6, 6.07) is 0. The highest BCUT2D eigenvalue weighted by atomic mass is 16.1. The van der Waals surface area contributed by atoms with Crippen LogP contribution in [0.25, 0.3) is 11.0 Å². The summed E-state index contributed by atoms with van der Waals surface area (Å²) >= 11 is 0. The second-order valence-corrected chi connectivity index (χ2v) is 3.82. The van der Waals surface area contributed by atoms with Gasteiger partial charge in [0.15, 0.2) is 0 Å². The Morgan fingerprint density at radius 2 is 2.15 bits per heavy atom. The summed E-state index contributed by atoms with van der Waals surface area (Å²) in [6.07, 6.45) is 3.27. The summed E-state index contributed by atoms with van der Waals surface area (Å²) in [6.45, 7) is 5.75. The smallest absolute Gasteiger partial charge is 0.217 e. The highest BCUT2D eigenvalue weighted by Crippen LogP contribution is 2.21. The number of hydrogen-bond donors (Lipinski definition) is 2. The minimum atomic E-state index is -0.106. The van der Waals surface area contributed by atoms with E-state index < -0.39 is 0 Å². The number of fused-ring (bicyclic) bond motifs is 1. The number of carbonyl (C=O) groups is 1. The molecule has 0 radical (unpaired) electrons. The highest BCUT2D eigenvalue weighted by molar-refractivity contribution is 5.92. The Hall–Kier alpha value is -2.55. The first kappa shape index (κ1) is 15.5. The van der Waals surface area contributed by atoms with Gasteiger partial charge in [0, 0.05) is 20.2 Å². The van der Waals surface area contributed by atoms with Crippen molar-refractivity contribution in [3.63, 3.8) is 0 Å². The van der Waals surface area contributed by atoms with Gasteiger partial charge in [0.25, 0.3) is 0 Å². The van der Waals surface area contributed by atoms with Crippen molar-refractivity contribution in [3.8, 4) is 11.8 Å². The molecular weight excluding hydrogens is 254 g/mol. The first-order valence-electron chi connectivity index (χ1n) is 6.38. The number of anilines is 1. The van der Waals surface area contributed by atoms with E-state index in [0.717, 1.165) is 16.6 Å². The predicted octanol–water partition coefficient (Wildman–Crippen LogP) is 1.06. The normalized spacial score (nSPS) is 9.20. The van der Waals surface area contributed by atoms with Gasteiger partial charge in [0.1, 0.15) is 17.8 Å². The van der Waals surface area contributed by atoms with Crippen molar-refractivity contribution in [2.75, 3.05) is 12.3 Å². The molecule has 2 aromatic heterocycles. The van der Waals surface area contributed by atoms with Crippen LogP contribution in [0.4, 0.5) is 5.82 Å². The van der Waals surface area contributed by atoms with E-state index in [0.29, 0.717) is 12.4 Å². The lowest BCUT2D eigenvalue weighted by Crippen LogP contribution is -2.19. The molecule has 0 atom stereocenters. The van der Waals surface area contributed by atoms with Crippen molar-refractivity contribution in [2.45, 2.75) is 20.8 Å². The van der Waals surface area contributed by atoms with E-state index >= 15 is 0 Å². The Balaban J connectivity index is 0.000000956. The maximum absolute atomic E-state index is 10.7. The molecule has 2 rings (SSSR count). The third kappa shape index (κ3) is 3.48. The van der Waals surface area contributed by atoms with Crippen LogP contribution >= 0.6 is 0 Å². The summed E-state index contributed by atoms with van der Waals surface area (Å²) in [5.41, 5.74) is 7.32. The second-order valence-electron chi connectivity index (χ2n) is 3.82. The number of nitrogens with zero attached hydrogens (tertiary/aromatic N) is 3. The molecule has 6 nitrogen and oxygen atoms in total. The Morgan fingerprint density at radius 3 is 2.80 bits per heavy atom. The maximum Gasteiger partial charge on any atom is 0.217 e. The number of nitrogens with one attached hydrogen (secondary N) is 1. The summed E-state index contributed by atoms with van der Waals surface area (Å²) in [7, 11) is 1.87. The van der Waals surface area contributed by atoms with Gasteiger partial charge < -0.3 is 15.6 Å². The Labute approximate surface area is 118 Å². The summed E-state index contributed by atoms with van der Waals surface area (Å²) < 4.78 is 1.84. The van der Waals surface area contributed by atoms with Crippen LogP contribution in [0.5, 0.6) is 0 Å². The minimum absolute atomic E-state index is 0.106. The molecule has 2 heterocycles. The molecule has 0 unspecified atom stereocenters. The Morgan fingerprint density at radius 1 is 1.45 bits per heavy atom. The number of rotatable bonds is 1. The molecular formula is C14H19N5O. The number of aromatic nitrogens is 3. The van der Waals surface area contributed by atoms with Crippen LogP contribution in [0.2, 0.25) is 0 Å². The zero-order valence-electron chi connectivity index (χ0n) is 12.2. The van der Waals surface area contributed by atoms with Crippen LogP contribution in [0.3, 0.4) is 0 Å².